The molecule has 176 valence electrons. The molecule has 34 heavy (non-hydrogen) atoms. The van der Waals surface area contributed by atoms with Crippen molar-refractivity contribution in [3.05, 3.63) is 108 Å². The van der Waals surface area contributed by atoms with Crippen LogP contribution in [0, 0.1) is 0 Å². The molecule has 7 nitrogen and oxygen atoms in total. The first-order valence-corrected chi connectivity index (χ1v) is 11.1. The number of rotatable bonds is 11. The molecule has 0 aliphatic carbocycles. The third kappa shape index (κ3) is 8.09. The summed E-state index contributed by atoms with van der Waals surface area (Å²) < 4.78 is 5.26. The van der Waals surface area contributed by atoms with E-state index in [2.05, 4.69) is 10.6 Å². The molecular weight excluding hydrogens is 432 g/mol. The Morgan fingerprint density at radius 2 is 1.24 bits per heavy atom. The summed E-state index contributed by atoms with van der Waals surface area (Å²) in [7, 11) is 0. The number of hydrogen-bond donors (Lipinski definition) is 3. The first-order valence-electron chi connectivity index (χ1n) is 11.1. The standard InChI is InChI=1S/C27H28N2O5/c30-25(28-24(26(31)32)18-21-12-6-2-7-13-21)23(17-16-20-10-4-1-5-11-20)29-27(33)34-19-22-14-8-3-9-15-22/h1-15,23-24H,16-19H2,(H,28,30)(H,29,33)(H,31,32)/t23-,24-/m0/s1. The minimum atomic E-state index is -1.15. The van der Waals surface area contributed by atoms with Gasteiger partial charge < -0.3 is 20.5 Å². The lowest BCUT2D eigenvalue weighted by molar-refractivity contribution is -0.142. The van der Waals surface area contributed by atoms with Crippen molar-refractivity contribution in [1.29, 1.82) is 0 Å². The average Bonchev–Trinajstić information content (AvgIpc) is 2.86. The zero-order chi connectivity index (χ0) is 24.2. The Kier molecular flexibility index (Phi) is 9.22. The number of nitrogens with one attached hydrogen (secondary N) is 2. The van der Waals surface area contributed by atoms with Gasteiger partial charge >= 0.3 is 12.1 Å². The molecule has 0 heterocycles. The molecule has 0 radical (unpaired) electrons. The Morgan fingerprint density at radius 3 is 1.79 bits per heavy atom. The Hall–Kier alpha value is -4.13. The number of benzene rings is 3. The van der Waals surface area contributed by atoms with Crippen molar-refractivity contribution in [3.8, 4) is 0 Å². The minimum absolute atomic E-state index is 0.0610. The fourth-order valence-electron chi connectivity index (χ4n) is 3.45. The van der Waals surface area contributed by atoms with Crippen LogP contribution in [-0.2, 0) is 33.8 Å². The molecule has 7 heteroatoms. The van der Waals surface area contributed by atoms with Crippen molar-refractivity contribution >= 4 is 18.0 Å². The van der Waals surface area contributed by atoms with Gasteiger partial charge in [0, 0.05) is 6.42 Å². The summed E-state index contributed by atoms with van der Waals surface area (Å²) in [5.41, 5.74) is 2.60. The van der Waals surface area contributed by atoms with Crippen molar-refractivity contribution in [2.45, 2.75) is 38.0 Å². The van der Waals surface area contributed by atoms with Gasteiger partial charge in [-0.05, 0) is 29.5 Å². The maximum Gasteiger partial charge on any atom is 0.408 e. The monoisotopic (exact) mass is 460 g/mol. The van der Waals surface area contributed by atoms with Gasteiger partial charge in [-0.1, -0.05) is 91.0 Å². The predicted octanol–water partition coefficient (Wildman–Crippen LogP) is 3.73. The van der Waals surface area contributed by atoms with Crippen molar-refractivity contribution in [1.82, 2.24) is 10.6 Å². The molecule has 0 bridgehead atoms. The van der Waals surface area contributed by atoms with Crippen LogP contribution in [0.5, 0.6) is 0 Å². The van der Waals surface area contributed by atoms with E-state index in [1.54, 1.807) is 12.1 Å². The number of alkyl carbamates (subject to hydrolysis) is 1. The van der Waals surface area contributed by atoms with Crippen LogP contribution in [0.15, 0.2) is 91.0 Å². The van der Waals surface area contributed by atoms with Crippen LogP contribution in [0.2, 0.25) is 0 Å². The van der Waals surface area contributed by atoms with E-state index >= 15 is 0 Å². The number of carbonyl (C=O) groups excluding carboxylic acids is 2. The molecule has 3 aromatic carbocycles. The number of hydrogen-bond acceptors (Lipinski definition) is 4. The van der Waals surface area contributed by atoms with Crippen molar-refractivity contribution in [2.24, 2.45) is 0 Å². The van der Waals surface area contributed by atoms with Crippen LogP contribution < -0.4 is 10.6 Å². The molecule has 2 amide bonds. The van der Waals surface area contributed by atoms with Crippen molar-refractivity contribution < 1.29 is 24.2 Å². The van der Waals surface area contributed by atoms with Gasteiger partial charge in [0.1, 0.15) is 18.7 Å². The topological polar surface area (TPSA) is 105 Å². The Morgan fingerprint density at radius 1 is 0.706 bits per heavy atom. The summed E-state index contributed by atoms with van der Waals surface area (Å²) in [6, 6.07) is 25.7. The maximum atomic E-state index is 13.0. The number of aliphatic carboxylic acids is 1. The minimum Gasteiger partial charge on any atom is -0.480 e. The lowest BCUT2D eigenvalue weighted by Gasteiger charge is -2.21. The Bertz CT molecular complexity index is 1060. The van der Waals surface area contributed by atoms with E-state index in [1.165, 1.54) is 0 Å². The lowest BCUT2D eigenvalue weighted by Crippen LogP contribution is -2.52. The van der Waals surface area contributed by atoms with Crippen LogP contribution in [0.4, 0.5) is 4.79 Å². The quantitative estimate of drug-likeness (QED) is 0.405. The van der Waals surface area contributed by atoms with Crippen LogP contribution in [0.1, 0.15) is 23.1 Å². The van der Waals surface area contributed by atoms with Crippen molar-refractivity contribution in [2.75, 3.05) is 0 Å². The average molecular weight is 461 g/mol. The van der Waals surface area contributed by atoms with Crippen LogP contribution >= 0.6 is 0 Å². The Labute approximate surface area is 198 Å². The molecule has 0 aliphatic heterocycles. The fourth-order valence-corrected chi connectivity index (χ4v) is 3.45. The van der Waals surface area contributed by atoms with Crippen LogP contribution in [0.25, 0.3) is 0 Å². The molecule has 2 atom stereocenters. The molecule has 0 unspecified atom stereocenters. The van der Waals surface area contributed by atoms with Crippen LogP contribution in [0.3, 0.4) is 0 Å². The number of amides is 2. The van der Waals surface area contributed by atoms with E-state index in [4.69, 9.17) is 4.74 Å². The second-order valence-corrected chi connectivity index (χ2v) is 7.87. The third-order valence-electron chi connectivity index (χ3n) is 5.28. The Balaban J connectivity index is 1.65. The second kappa shape index (κ2) is 12.8. The number of carbonyl (C=O) groups is 3. The number of carboxylic acids is 1. The SMILES string of the molecule is O=C(N[C@@H](CCc1ccccc1)C(=O)N[C@@H](Cc1ccccc1)C(=O)O)OCc1ccccc1. The molecule has 0 spiro atoms. The van der Waals surface area contributed by atoms with E-state index in [9.17, 15) is 19.5 Å². The smallest absolute Gasteiger partial charge is 0.408 e. The summed E-state index contributed by atoms with van der Waals surface area (Å²) in [4.78, 5) is 37.3. The molecule has 0 aromatic heterocycles. The maximum absolute atomic E-state index is 13.0. The third-order valence-corrected chi connectivity index (χ3v) is 5.28. The molecule has 0 saturated carbocycles. The highest BCUT2D eigenvalue weighted by atomic mass is 16.5. The van der Waals surface area contributed by atoms with E-state index < -0.39 is 30.1 Å². The van der Waals surface area contributed by atoms with E-state index in [-0.39, 0.29) is 19.4 Å². The summed E-state index contributed by atoms with van der Waals surface area (Å²) >= 11 is 0. The summed E-state index contributed by atoms with van der Waals surface area (Å²) in [5, 5.41) is 14.8. The predicted molar refractivity (Wildman–Crippen MR) is 128 cm³/mol. The van der Waals surface area contributed by atoms with Gasteiger partial charge in [0.15, 0.2) is 0 Å². The van der Waals surface area contributed by atoms with E-state index in [1.807, 2.05) is 78.9 Å². The first-order chi connectivity index (χ1) is 16.5. The fraction of sp³-hybridized carbons (Fsp3) is 0.222. The van der Waals surface area contributed by atoms with Gasteiger partial charge in [0.25, 0.3) is 0 Å². The molecule has 3 rings (SSSR count). The molecule has 3 N–H and O–H groups in total. The van der Waals surface area contributed by atoms with Gasteiger partial charge in [-0.15, -0.1) is 0 Å². The molecule has 0 aliphatic rings. The highest BCUT2D eigenvalue weighted by Gasteiger charge is 2.27. The zero-order valence-corrected chi connectivity index (χ0v) is 18.7. The van der Waals surface area contributed by atoms with E-state index in [0.717, 1.165) is 16.7 Å². The summed E-state index contributed by atoms with van der Waals surface area (Å²) in [5.74, 6) is -1.72. The molecule has 0 fully saturated rings. The summed E-state index contributed by atoms with van der Waals surface area (Å²) in [6.07, 6.45) is 0.195. The highest BCUT2D eigenvalue weighted by Crippen LogP contribution is 2.09. The highest BCUT2D eigenvalue weighted by molar-refractivity contribution is 5.89. The molecule has 0 saturated heterocycles. The van der Waals surface area contributed by atoms with Gasteiger partial charge in [-0.3, -0.25) is 4.79 Å². The summed E-state index contributed by atoms with van der Waals surface area (Å²) in [6.45, 7) is 0.0610. The normalized spacial score (nSPS) is 12.2. The van der Waals surface area contributed by atoms with Crippen molar-refractivity contribution in [3.63, 3.8) is 0 Å². The number of ether oxygens (including phenoxy) is 1. The molecule has 3 aromatic rings. The van der Waals surface area contributed by atoms with Gasteiger partial charge in [-0.2, -0.15) is 0 Å². The zero-order valence-electron chi connectivity index (χ0n) is 18.7. The molecular formula is C27H28N2O5. The lowest BCUT2D eigenvalue weighted by atomic mass is 10.0. The number of carboxylic acid groups (broad SMARTS) is 1. The number of aryl methyl sites for hydroxylation is 1. The van der Waals surface area contributed by atoms with Crippen LogP contribution in [-0.4, -0.2) is 35.2 Å². The first kappa shape index (κ1) is 24.5. The van der Waals surface area contributed by atoms with Gasteiger partial charge in [-0.25, -0.2) is 9.59 Å². The van der Waals surface area contributed by atoms with Gasteiger partial charge in [0.2, 0.25) is 5.91 Å². The van der Waals surface area contributed by atoms with Gasteiger partial charge in [0.05, 0.1) is 0 Å². The van der Waals surface area contributed by atoms with E-state index in [0.29, 0.717) is 6.42 Å². The largest absolute Gasteiger partial charge is 0.480 e. The second-order valence-electron chi connectivity index (χ2n) is 7.87.